The van der Waals surface area contributed by atoms with Crippen LogP contribution in [0.2, 0.25) is 0 Å². The highest BCUT2D eigenvalue weighted by atomic mass is 32.2. The normalized spacial score (nSPS) is 13.4. The van der Waals surface area contributed by atoms with Gasteiger partial charge >= 0.3 is 0 Å². The van der Waals surface area contributed by atoms with Crippen molar-refractivity contribution < 1.29 is 4.79 Å². The van der Waals surface area contributed by atoms with Gasteiger partial charge in [0.05, 0.1) is 11.4 Å². The Labute approximate surface area is 197 Å². The Hall–Kier alpha value is -3.39. The van der Waals surface area contributed by atoms with Crippen molar-refractivity contribution in [2.24, 2.45) is 0 Å². The Bertz CT molecular complexity index is 1260. The fraction of sp³-hybridized carbons (Fsp3) is 0.280. The van der Waals surface area contributed by atoms with Gasteiger partial charge in [-0.05, 0) is 55.7 Å². The number of hydrogen-bond donors (Lipinski definition) is 1. The molecule has 5 rings (SSSR count). The molecular weight excluding hydrogens is 432 g/mol. The number of fused-ring (bicyclic) bond motifs is 1. The second-order valence-electron chi connectivity index (χ2n) is 8.18. The molecule has 0 spiro atoms. The average molecular weight is 459 g/mol. The van der Waals surface area contributed by atoms with E-state index in [2.05, 4.69) is 44.1 Å². The lowest BCUT2D eigenvalue weighted by molar-refractivity contribution is -0.113. The minimum absolute atomic E-state index is 0.0663. The molecule has 2 aromatic carbocycles. The smallest absolute Gasteiger partial charge is 0.234 e. The number of para-hydroxylation sites is 1. The third-order valence-electron chi connectivity index (χ3n) is 5.85. The van der Waals surface area contributed by atoms with Crippen LogP contribution in [0.25, 0.3) is 17.1 Å². The van der Waals surface area contributed by atoms with Gasteiger partial charge in [0, 0.05) is 36.6 Å². The Morgan fingerprint density at radius 3 is 2.76 bits per heavy atom. The van der Waals surface area contributed by atoms with Crippen molar-refractivity contribution >= 4 is 23.4 Å². The highest BCUT2D eigenvalue weighted by Crippen LogP contribution is 2.25. The van der Waals surface area contributed by atoms with Gasteiger partial charge in [0.1, 0.15) is 5.82 Å². The van der Waals surface area contributed by atoms with Crippen LogP contribution >= 0.6 is 11.8 Å². The molecule has 0 aliphatic carbocycles. The highest BCUT2D eigenvalue weighted by molar-refractivity contribution is 7.99. The van der Waals surface area contributed by atoms with E-state index in [1.165, 1.54) is 24.6 Å². The molecule has 4 aromatic rings. The molecule has 1 aliphatic rings. The fourth-order valence-corrected chi connectivity index (χ4v) is 4.91. The standard InChI is InChI=1S/C25H26N6OS/c1-18-7-4-5-8-21(18)30-16-14-26-25(30)33-17-23(32)27-20-12-10-19(11-13-20)24-29-28-22-9-3-2-6-15-31(22)24/h4-5,7-8,10-14,16H,2-3,6,9,15,17H2,1H3,(H,27,32). The van der Waals surface area contributed by atoms with Crippen molar-refractivity contribution in [3.8, 4) is 17.1 Å². The van der Waals surface area contributed by atoms with Gasteiger partial charge in [-0.25, -0.2) is 4.98 Å². The van der Waals surface area contributed by atoms with Crippen molar-refractivity contribution in [3.05, 3.63) is 72.3 Å². The SMILES string of the molecule is Cc1ccccc1-n1ccnc1SCC(=O)Nc1ccc(-c2nnc3n2CCCCC3)cc1. The van der Waals surface area contributed by atoms with Crippen molar-refractivity contribution in [3.63, 3.8) is 0 Å². The summed E-state index contributed by atoms with van der Waals surface area (Å²) in [4.78, 5) is 17.0. The first-order valence-electron chi connectivity index (χ1n) is 11.2. The number of aromatic nitrogens is 5. The van der Waals surface area contributed by atoms with E-state index in [1.54, 1.807) is 6.20 Å². The van der Waals surface area contributed by atoms with Crippen LogP contribution in [-0.2, 0) is 17.8 Å². The maximum absolute atomic E-state index is 12.6. The van der Waals surface area contributed by atoms with E-state index in [4.69, 9.17) is 0 Å². The number of aryl methyl sites for hydroxylation is 2. The molecule has 3 heterocycles. The van der Waals surface area contributed by atoms with Crippen molar-refractivity contribution in [1.29, 1.82) is 0 Å². The number of carbonyl (C=O) groups excluding carboxylic acids is 1. The van der Waals surface area contributed by atoms with Gasteiger partial charge in [0.15, 0.2) is 11.0 Å². The van der Waals surface area contributed by atoms with E-state index < -0.39 is 0 Å². The quantitative estimate of drug-likeness (QED) is 0.416. The van der Waals surface area contributed by atoms with Crippen molar-refractivity contribution in [2.45, 2.75) is 44.3 Å². The molecule has 7 nitrogen and oxygen atoms in total. The molecule has 2 aromatic heterocycles. The van der Waals surface area contributed by atoms with Gasteiger partial charge in [-0.1, -0.05) is 36.4 Å². The molecule has 1 N–H and O–H groups in total. The summed E-state index contributed by atoms with van der Waals surface area (Å²) in [7, 11) is 0. The zero-order valence-electron chi connectivity index (χ0n) is 18.6. The van der Waals surface area contributed by atoms with E-state index in [0.717, 1.165) is 58.7 Å². The molecule has 0 atom stereocenters. The van der Waals surface area contributed by atoms with Gasteiger partial charge in [0.2, 0.25) is 5.91 Å². The average Bonchev–Trinajstić information content (AvgIpc) is 3.39. The summed E-state index contributed by atoms with van der Waals surface area (Å²) in [5.41, 5.74) is 4.01. The number of thioether (sulfide) groups is 1. The van der Waals surface area contributed by atoms with Crippen LogP contribution in [0.3, 0.4) is 0 Å². The summed E-state index contributed by atoms with van der Waals surface area (Å²) in [6.45, 7) is 3.03. The number of hydrogen-bond acceptors (Lipinski definition) is 5. The van der Waals surface area contributed by atoms with Crippen LogP contribution in [0.4, 0.5) is 5.69 Å². The zero-order chi connectivity index (χ0) is 22.6. The fourth-order valence-electron chi connectivity index (χ4n) is 4.14. The second-order valence-corrected chi connectivity index (χ2v) is 9.13. The van der Waals surface area contributed by atoms with Gasteiger partial charge < -0.3 is 9.88 Å². The number of anilines is 1. The topological polar surface area (TPSA) is 77.6 Å². The molecule has 0 fully saturated rings. The summed E-state index contributed by atoms with van der Waals surface area (Å²) >= 11 is 1.42. The molecule has 0 saturated carbocycles. The van der Waals surface area contributed by atoms with Crippen LogP contribution in [0, 0.1) is 6.92 Å². The van der Waals surface area contributed by atoms with Gasteiger partial charge in [-0.15, -0.1) is 10.2 Å². The number of benzene rings is 2. The number of nitrogens with one attached hydrogen (secondary N) is 1. The predicted octanol–water partition coefficient (Wildman–Crippen LogP) is 4.90. The number of amides is 1. The predicted molar refractivity (Wildman–Crippen MR) is 131 cm³/mol. The monoisotopic (exact) mass is 458 g/mol. The lowest BCUT2D eigenvalue weighted by atomic mass is 10.2. The molecule has 1 amide bonds. The molecule has 0 radical (unpaired) electrons. The Morgan fingerprint density at radius 1 is 1.06 bits per heavy atom. The Balaban J connectivity index is 1.22. The summed E-state index contributed by atoms with van der Waals surface area (Å²) in [5.74, 6) is 2.19. The summed E-state index contributed by atoms with van der Waals surface area (Å²) in [6, 6.07) is 16.0. The number of nitrogens with zero attached hydrogens (tertiary/aromatic N) is 5. The van der Waals surface area contributed by atoms with E-state index >= 15 is 0 Å². The number of imidazole rings is 1. The zero-order valence-corrected chi connectivity index (χ0v) is 19.4. The van der Waals surface area contributed by atoms with Gasteiger partial charge in [-0.2, -0.15) is 0 Å². The second kappa shape index (κ2) is 9.62. The maximum Gasteiger partial charge on any atom is 0.234 e. The van der Waals surface area contributed by atoms with E-state index in [-0.39, 0.29) is 11.7 Å². The van der Waals surface area contributed by atoms with Crippen LogP contribution in [0.1, 0.15) is 30.7 Å². The van der Waals surface area contributed by atoms with E-state index in [9.17, 15) is 4.79 Å². The number of rotatable bonds is 6. The summed E-state index contributed by atoms with van der Waals surface area (Å²) in [5, 5.41) is 12.6. The van der Waals surface area contributed by atoms with Crippen molar-refractivity contribution in [2.75, 3.05) is 11.1 Å². The molecule has 0 saturated heterocycles. The first-order chi connectivity index (χ1) is 16.2. The van der Waals surface area contributed by atoms with Crippen LogP contribution in [-0.4, -0.2) is 36.0 Å². The first kappa shape index (κ1) is 21.5. The molecule has 8 heteroatoms. The minimum Gasteiger partial charge on any atom is -0.325 e. The van der Waals surface area contributed by atoms with Crippen LogP contribution in [0.15, 0.2) is 66.1 Å². The van der Waals surface area contributed by atoms with Gasteiger partial charge in [0.25, 0.3) is 0 Å². The maximum atomic E-state index is 12.6. The Morgan fingerprint density at radius 2 is 1.91 bits per heavy atom. The molecule has 0 unspecified atom stereocenters. The molecule has 33 heavy (non-hydrogen) atoms. The largest absolute Gasteiger partial charge is 0.325 e. The van der Waals surface area contributed by atoms with Crippen LogP contribution in [0.5, 0.6) is 0 Å². The lowest BCUT2D eigenvalue weighted by Crippen LogP contribution is -2.14. The minimum atomic E-state index is -0.0663. The highest BCUT2D eigenvalue weighted by Gasteiger charge is 2.16. The molecule has 1 aliphatic heterocycles. The van der Waals surface area contributed by atoms with E-state index in [1.807, 2.05) is 47.2 Å². The molecular formula is C25H26N6OS. The molecule has 168 valence electrons. The first-order valence-corrected chi connectivity index (χ1v) is 12.2. The van der Waals surface area contributed by atoms with E-state index in [0.29, 0.717) is 0 Å². The van der Waals surface area contributed by atoms with Gasteiger partial charge in [-0.3, -0.25) is 9.36 Å². The Kier molecular flexibility index (Phi) is 6.26. The summed E-state index contributed by atoms with van der Waals surface area (Å²) in [6.07, 6.45) is 8.24. The lowest BCUT2D eigenvalue weighted by Gasteiger charge is -2.11. The molecule has 0 bridgehead atoms. The third kappa shape index (κ3) is 4.71. The summed E-state index contributed by atoms with van der Waals surface area (Å²) < 4.78 is 4.25. The van der Waals surface area contributed by atoms with Crippen LogP contribution < -0.4 is 5.32 Å². The van der Waals surface area contributed by atoms with Crippen molar-refractivity contribution in [1.82, 2.24) is 24.3 Å². The third-order valence-corrected chi connectivity index (χ3v) is 6.82. The number of carbonyl (C=O) groups is 1.